The molecular weight excluding hydrogens is 178 g/mol. The van der Waals surface area contributed by atoms with E-state index >= 15 is 0 Å². The number of hydrogen-bond donors (Lipinski definition) is 2. The van der Waals surface area contributed by atoms with E-state index in [2.05, 4.69) is 0 Å². The van der Waals surface area contributed by atoms with Crippen LogP contribution in [0.4, 0.5) is 0 Å². The Morgan fingerprint density at radius 3 is 2.58 bits per heavy atom. The van der Waals surface area contributed by atoms with Crippen LogP contribution in [0.15, 0.2) is 0 Å². The van der Waals surface area contributed by atoms with Gasteiger partial charge in [0.1, 0.15) is 0 Å². The van der Waals surface area contributed by atoms with E-state index in [-0.39, 0.29) is 18.4 Å². The maximum Gasteiger partial charge on any atom is 0.207 e. The molecule has 5 heteroatoms. The molecule has 0 saturated heterocycles. The van der Waals surface area contributed by atoms with Gasteiger partial charge in [-0.25, -0.2) is 0 Å². The minimum atomic E-state index is -0.430. The number of carbonyl (C=O) groups excluding carboxylic acids is 2. The fourth-order valence-electron chi connectivity index (χ4n) is 0.457. The van der Waals surface area contributed by atoms with Crippen molar-refractivity contribution in [3.63, 3.8) is 0 Å². The predicted octanol–water partition coefficient (Wildman–Crippen LogP) is -0.803. The van der Waals surface area contributed by atoms with Crippen LogP contribution in [0.2, 0.25) is 0 Å². The smallest absolute Gasteiger partial charge is 0.207 e. The Hall–Kier alpha value is -0.390. The average molecular weight is 191 g/mol. The number of nitrogens with two attached hydrogens (primary N) is 1. The summed E-state index contributed by atoms with van der Waals surface area (Å²) in [4.78, 5) is 21.2. The largest absolute Gasteiger partial charge is 0.395 e. The van der Waals surface area contributed by atoms with Crippen LogP contribution in [0.3, 0.4) is 0 Å². The van der Waals surface area contributed by atoms with Crippen molar-refractivity contribution in [2.24, 2.45) is 5.73 Å². The van der Waals surface area contributed by atoms with Crippen molar-refractivity contribution < 1.29 is 14.7 Å². The fraction of sp³-hybridized carbons (Fsp3) is 0.714. The molecule has 0 aromatic carbocycles. The predicted molar refractivity (Wildman–Crippen MR) is 48.1 cm³/mol. The third kappa shape index (κ3) is 5.29. The quantitative estimate of drug-likeness (QED) is 0.537. The Morgan fingerprint density at radius 1 is 1.58 bits per heavy atom. The Morgan fingerprint density at radius 2 is 2.17 bits per heavy atom. The van der Waals surface area contributed by atoms with E-state index < -0.39 is 11.6 Å². The molecule has 0 bridgehead atoms. The molecule has 0 radical (unpaired) electrons. The lowest BCUT2D eigenvalue weighted by molar-refractivity contribution is -0.133. The zero-order valence-electron chi connectivity index (χ0n) is 6.95. The molecule has 0 amide bonds. The Kier molecular flexibility index (Phi) is 5.96. The summed E-state index contributed by atoms with van der Waals surface area (Å²) in [6, 6.07) is -0.310. The highest BCUT2D eigenvalue weighted by Gasteiger charge is 2.08. The molecule has 0 aliphatic rings. The van der Waals surface area contributed by atoms with Gasteiger partial charge in [-0.15, -0.1) is 0 Å². The number of aliphatic hydroxyl groups excluding tert-OH is 1. The normalized spacial score (nSPS) is 12.6. The van der Waals surface area contributed by atoms with Gasteiger partial charge in [-0.3, -0.25) is 9.59 Å². The molecule has 0 fully saturated rings. The summed E-state index contributed by atoms with van der Waals surface area (Å²) in [7, 11) is 0. The topological polar surface area (TPSA) is 80.4 Å². The number of hydrogen-bond acceptors (Lipinski definition) is 5. The summed E-state index contributed by atoms with van der Waals surface area (Å²) in [6.45, 7) is 1.15. The van der Waals surface area contributed by atoms with Gasteiger partial charge in [0.15, 0.2) is 5.78 Å². The van der Waals surface area contributed by atoms with Crippen molar-refractivity contribution in [1.82, 2.24) is 0 Å². The zero-order chi connectivity index (χ0) is 9.56. The summed E-state index contributed by atoms with van der Waals surface area (Å²) < 4.78 is 0. The molecule has 0 aliphatic heterocycles. The Bertz CT molecular complexity index is 172. The van der Waals surface area contributed by atoms with E-state index in [4.69, 9.17) is 10.8 Å². The monoisotopic (exact) mass is 191 g/mol. The van der Waals surface area contributed by atoms with E-state index in [1.165, 1.54) is 18.7 Å². The number of thioether (sulfide) groups is 1. The van der Waals surface area contributed by atoms with Crippen molar-refractivity contribution in [1.29, 1.82) is 0 Å². The Balaban J connectivity index is 3.44. The summed E-state index contributed by atoms with van der Waals surface area (Å²) in [5, 5.41) is 8.52. The first-order chi connectivity index (χ1) is 5.57. The minimum Gasteiger partial charge on any atom is -0.395 e. The van der Waals surface area contributed by atoms with Gasteiger partial charge in [0.05, 0.1) is 12.4 Å². The van der Waals surface area contributed by atoms with Crippen LogP contribution in [0.25, 0.3) is 0 Å². The van der Waals surface area contributed by atoms with Crippen molar-refractivity contribution >= 4 is 23.3 Å². The second kappa shape index (κ2) is 6.16. The zero-order valence-corrected chi connectivity index (χ0v) is 7.76. The van der Waals surface area contributed by atoms with E-state index in [1.54, 1.807) is 0 Å². The lowest BCUT2D eigenvalue weighted by Crippen LogP contribution is -2.27. The SMILES string of the molecule is CC(=O)C(=O)CSCC(N)CO. The van der Waals surface area contributed by atoms with Crippen molar-refractivity contribution in [3.05, 3.63) is 0 Å². The average Bonchev–Trinajstić information content (AvgIpc) is 2.03. The second-order valence-corrected chi connectivity index (χ2v) is 3.47. The number of aliphatic hydroxyl groups is 1. The lowest BCUT2D eigenvalue weighted by Gasteiger charge is -2.05. The number of Topliss-reactive ketones (excluding diaryl/α,β-unsaturated/α-hetero) is 2. The molecule has 0 heterocycles. The molecule has 1 atom stereocenters. The molecule has 0 aliphatic carbocycles. The number of carbonyl (C=O) groups is 2. The first-order valence-electron chi connectivity index (χ1n) is 3.56. The second-order valence-electron chi connectivity index (χ2n) is 2.44. The fourth-order valence-corrected chi connectivity index (χ4v) is 1.37. The molecule has 4 nitrogen and oxygen atoms in total. The molecule has 0 aromatic rings. The van der Waals surface area contributed by atoms with Crippen LogP contribution in [0.1, 0.15) is 6.92 Å². The molecule has 0 aromatic heterocycles. The van der Waals surface area contributed by atoms with Crippen molar-refractivity contribution in [3.8, 4) is 0 Å². The van der Waals surface area contributed by atoms with Crippen molar-refractivity contribution in [2.45, 2.75) is 13.0 Å². The van der Waals surface area contributed by atoms with Gasteiger partial charge in [-0.1, -0.05) is 0 Å². The molecular formula is C7H13NO3S. The van der Waals surface area contributed by atoms with Gasteiger partial charge in [0.2, 0.25) is 5.78 Å². The summed E-state index contributed by atoms with van der Waals surface area (Å²) in [5.74, 6) is -0.177. The third-order valence-electron chi connectivity index (χ3n) is 1.19. The van der Waals surface area contributed by atoms with E-state index in [1.807, 2.05) is 0 Å². The molecule has 1 unspecified atom stereocenters. The molecule has 12 heavy (non-hydrogen) atoms. The highest BCUT2D eigenvalue weighted by molar-refractivity contribution is 8.00. The van der Waals surface area contributed by atoms with Crippen LogP contribution >= 0.6 is 11.8 Å². The van der Waals surface area contributed by atoms with Gasteiger partial charge in [-0.2, -0.15) is 11.8 Å². The number of rotatable bonds is 6. The molecule has 70 valence electrons. The first-order valence-corrected chi connectivity index (χ1v) is 4.71. The van der Waals surface area contributed by atoms with Crippen LogP contribution in [0, 0.1) is 0 Å². The third-order valence-corrected chi connectivity index (χ3v) is 2.32. The maximum atomic E-state index is 10.7. The van der Waals surface area contributed by atoms with Crippen LogP contribution in [0.5, 0.6) is 0 Å². The first kappa shape index (κ1) is 11.6. The highest BCUT2D eigenvalue weighted by atomic mass is 32.2. The minimum absolute atomic E-state index is 0.0960. The van der Waals surface area contributed by atoms with E-state index in [0.717, 1.165) is 0 Å². The Labute approximate surface area is 75.5 Å². The summed E-state index contributed by atoms with van der Waals surface area (Å²) in [6.07, 6.45) is 0. The molecule has 0 rings (SSSR count). The summed E-state index contributed by atoms with van der Waals surface area (Å²) in [5.41, 5.74) is 5.37. The van der Waals surface area contributed by atoms with Gasteiger partial charge < -0.3 is 10.8 Å². The maximum absolute atomic E-state index is 10.7. The standard InChI is InChI=1S/C7H13NO3S/c1-5(10)7(11)4-12-3-6(8)2-9/h6,9H,2-4,8H2,1H3. The molecule has 0 saturated carbocycles. The summed E-state index contributed by atoms with van der Waals surface area (Å²) >= 11 is 1.27. The molecule has 0 spiro atoms. The van der Waals surface area contributed by atoms with Crippen LogP contribution in [-0.4, -0.2) is 40.8 Å². The molecule has 3 N–H and O–H groups in total. The highest BCUT2D eigenvalue weighted by Crippen LogP contribution is 2.01. The lowest BCUT2D eigenvalue weighted by atomic mass is 10.3. The van der Waals surface area contributed by atoms with E-state index in [9.17, 15) is 9.59 Å². The van der Waals surface area contributed by atoms with Crippen molar-refractivity contribution in [2.75, 3.05) is 18.1 Å². The van der Waals surface area contributed by atoms with Crippen LogP contribution in [-0.2, 0) is 9.59 Å². The van der Waals surface area contributed by atoms with E-state index in [0.29, 0.717) is 5.75 Å². The van der Waals surface area contributed by atoms with Gasteiger partial charge in [0, 0.05) is 18.7 Å². The van der Waals surface area contributed by atoms with Gasteiger partial charge in [0.25, 0.3) is 0 Å². The number of ketones is 2. The van der Waals surface area contributed by atoms with Gasteiger partial charge in [-0.05, 0) is 0 Å². The van der Waals surface area contributed by atoms with Crippen LogP contribution < -0.4 is 5.73 Å². The van der Waals surface area contributed by atoms with Gasteiger partial charge >= 0.3 is 0 Å².